The molecule has 1 atom stereocenters. The Kier molecular flexibility index (Phi) is 4.23. The number of ether oxygens (including phenoxy) is 1. The molecule has 0 aliphatic carbocycles. The molecule has 0 spiro atoms. The maximum atomic E-state index is 11.9. The van der Waals surface area contributed by atoms with E-state index in [4.69, 9.17) is 4.74 Å². The largest absolute Gasteiger partial charge is 0.381 e. The van der Waals surface area contributed by atoms with Crippen molar-refractivity contribution in [3.8, 4) is 0 Å². The van der Waals surface area contributed by atoms with Gasteiger partial charge in [0.05, 0.1) is 12.3 Å². The average molecular weight is 309 g/mol. The molecular weight excluding hydrogens is 290 g/mol. The number of anilines is 1. The van der Waals surface area contributed by atoms with E-state index < -0.39 is 10.0 Å². The van der Waals surface area contributed by atoms with Crippen molar-refractivity contribution in [1.29, 1.82) is 0 Å². The van der Waals surface area contributed by atoms with Gasteiger partial charge in [-0.25, -0.2) is 0 Å². The predicted octanol–water partition coefficient (Wildman–Crippen LogP) is 0.850. The molecule has 7 heteroatoms. The fraction of sp³-hybridized carbons (Fsp3) is 0.500. The molecule has 2 heterocycles. The zero-order valence-corrected chi connectivity index (χ0v) is 12.6. The molecule has 1 unspecified atom stereocenters. The van der Waals surface area contributed by atoms with Gasteiger partial charge in [-0.1, -0.05) is 12.1 Å². The van der Waals surface area contributed by atoms with Gasteiger partial charge in [0.2, 0.25) is 0 Å². The van der Waals surface area contributed by atoms with E-state index in [-0.39, 0.29) is 4.90 Å². The lowest BCUT2D eigenvalue weighted by molar-refractivity contribution is 0.185. The Hall–Kier alpha value is -1.44. The van der Waals surface area contributed by atoms with Gasteiger partial charge in [0, 0.05) is 26.2 Å². The summed E-state index contributed by atoms with van der Waals surface area (Å²) in [6.07, 6.45) is 2.51. The SMILES string of the molecule is O=S1(=O)N=CN(CCNCC2CCOC2)c2ccccc21. The van der Waals surface area contributed by atoms with Crippen LogP contribution in [0.15, 0.2) is 33.6 Å². The summed E-state index contributed by atoms with van der Waals surface area (Å²) >= 11 is 0. The van der Waals surface area contributed by atoms with Gasteiger partial charge in [-0.05, 0) is 24.5 Å². The molecular formula is C14H19N3O3S. The van der Waals surface area contributed by atoms with E-state index >= 15 is 0 Å². The van der Waals surface area contributed by atoms with Gasteiger partial charge in [-0.2, -0.15) is 8.42 Å². The van der Waals surface area contributed by atoms with Crippen molar-refractivity contribution in [2.24, 2.45) is 10.3 Å². The summed E-state index contributed by atoms with van der Waals surface area (Å²) in [6.45, 7) is 4.08. The monoisotopic (exact) mass is 309 g/mol. The molecule has 3 rings (SSSR count). The molecule has 1 aromatic rings. The normalized spacial score (nSPS) is 23.2. The van der Waals surface area contributed by atoms with Gasteiger partial charge in [-0.3, -0.25) is 0 Å². The summed E-state index contributed by atoms with van der Waals surface area (Å²) in [7, 11) is -3.53. The molecule has 1 fully saturated rings. The maximum Gasteiger partial charge on any atom is 0.285 e. The Labute approximate surface area is 124 Å². The first kappa shape index (κ1) is 14.5. The molecule has 0 saturated carbocycles. The summed E-state index contributed by atoms with van der Waals surface area (Å²) in [6, 6.07) is 6.96. The second kappa shape index (κ2) is 6.13. The first-order chi connectivity index (χ1) is 10.2. The van der Waals surface area contributed by atoms with Crippen molar-refractivity contribution >= 4 is 22.0 Å². The number of fused-ring (bicyclic) bond motifs is 1. The van der Waals surface area contributed by atoms with Crippen LogP contribution in [0, 0.1) is 5.92 Å². The predicted molar refractivity (Wildman–Crippen MR) is 81.3 cm³/mol. The average Bonchev–Trinajstić information content (AvgIpc) is 2.99. The third-order valence-corrected chi connectivity index (χ3v) is 5.04. The highest BCUT2D eigenvalue weighted by molar-refractivity contribution is 7.90. The van der Waals surface area contributed by atoms with Crippen LogP contribution in [-0.4, -0.2) is 47.6 Å². The van der Waals surface area contributed by atoms with Crippen molar-refractivity contribution in [1.82, 2.24) is 5.32 Å². The number of nitrogens with one attached hydrogen (secondary N) is 1. The Bertz CT molecular complexity index is 624. The van der Waals surface area contributed by atoms with Crippen LogP contribution in [0.2, 0.25) is 0 Å². The minimum absolute atomic E-state index is 0.275. The van der Waals surface area contributed by atoms with Gasteiger partial charge in [0.15, 0.2) is 0 Å². The van der Waals surface area contributed by atoms with E-state index in [2.05, 4.69) is 9.71 Å². The number of sulfonamides is 1. The fourth-order valence-electron chi connectivity index (χ4n) is 2.58. The first-order valence-electron chi connectivity index (χ1n) is 7.11. The standard InChI is InChI=1S/C14H19N3O3S/c18-21(19)14-4-2-1-3-13(14)17(11-16-21)7-6-15-9-12-5-8-20-10-12/h1-4,11-12,15H,5-10H2. The molecule has 0 radical (unpaired) electrons. The van der Waals surface area contributed by atoms with Gasteiger partial charge in [0.1, 0.15) is 11.2 Å². The quantitative estimate of drug-likeness (QED) is 0.817. The van der Waals surface area contributed by atoms with Crippen LogP contribution in [0.1, 0.15) is 6.42 Å². The first-order valence-corrected chi connectivity index (χ1v) is 8.55. The number of hydrogen-bond donors (Lipinski definition) is 1. The molecule has 0 aromatic heterocycles. The minimum atomic E-state index is -3.53. The summed E-state index contributed by atoms with van der Waals surface area (Å²) in [5.41, 5.74) is 0.693. The third-order valence-electron chi connectivity index (χ3n) is 3.76. The molecule has 2 aliphatic rings. The van der Waals surface area contributed by atoms with Crippen molar-refractivity contribution in [2.45, 2.75) is 11.3 Å². The van der Waals surface area contributed by atoms with E-state index in [1.807, 2.05) is 17.0 Å². The highest BCUT2D eigenvalue weighted by Crippen LogP contribution is 2.28. The van der Waals surface area contributed by atoms with Gasteiger partial charge >= 0.3 is 0 Å². The zero-order valence-electron chi connectivity index (χ0n) is 11.7. The van der Waals surface area contributed by atoms with E-state index in [1.165, 1.54) is 6.34 Å². The maximum absolute atomic E-state index is 11.9. The van der Waals surface area contributed by atoms with Crippen molar-refractivity contribution < 1.29 is 13.2 Å². The van der Waals surface area contributed by atoms with Gasteiger partial charge in [-0.15, -0.1) is 4.40 Å². The minimum Gasteiger partial charge on any atom is -0.381 e. The lowest BCUT2D eigenvalue weighted by Crippen LogP contribution is -2.35. The Morgan fingerprint density at radius 2 is 2.24 bits per heavy atom. The van der Waals surface area contributed by atoms with Crippen molar-refractivity contribution in [2.75, 3.05) is 37.7 Å². The van der Waals surface area contributed by atoms with E-state index in [9.17, 15) is 8.42 Å². The van der Waals surface area contributed by atoms with Crippen molar-refractivity contribution in [3.63, 3.8) is 0 Å². The smallest absolute Gasteiger partial charge is 0.285 e. The Balaban J connectivity index is 1.59. The molecule has 6 nitrogen and oxygen atoms in total. The summed E-state index contributed by atoms with van der Waals surface area (Å²) < 4.78 is 32.7. The number of nitrogens with zero attached hydrogens (tertiary/aromatic N) is 2. The van der Waals surface area contributed by atoms with Crippen LogP contribution in [-0.2, 0) is 14.8 Å². The summed E-state index contributed by atoms with van der Waals surface area (Å²) in [4.78, 5) is 2.14. The lowest BCUT2D eigenvalue weighted by Gasteiger charge is -2.25. The number of benzene rings is 1. The second-order valence-corrected chi connectivity index (χ2v) is 6.89. The second-order valence-electron chi connectivity index (χ2n) is 5.29. The Morgan fingerprint density at radius 3 is 3.05 bits per heavy atom. The number of hydrogen-bond acceptors (Lipinski definition) is 5. The van der Waals surface area contributed by atoms with Gasteiger partial charge < -0.3 is 15.0 Å². The fourth-order valence-corrected chi connectivity index (χ4v) is 3.63. The van der Waals surface area contributed by atoms with E-state index in [0.29, 0.717) is 18.2 Å². The van der Waals surface area contributed by atoms with Crippen molar-refractivity contribution in [3.05, 3.63) is 24.3 Å². The highest BCUT2D eigenvalue weighted by Gasteiger charge is 2.24. The summed E-state index contributed by atoms with van der Waals surface area (Å²) in [5, 5.41) is 3.39. The highest BCUT2D eigenvalue weighted by atomic mass is 32.2. The molecule has 1 aromatic carbocycles. The van der Waals surface area contributed by atoms with E-state index in [0.717, 1.165) is 32.7 Å². The van der Waals surface area contributed by atoms with Crippen LogP contribution in [0.5, 0.6) is 0 Å². The number of para-hydroxylation sites is 1. The topological polar surface area (TPSA) is 71.0 Å². The summed E-state index contributed by atoms with van der Waals surface area (Å²) in [5.74, 6) is 0.590. The molecule has 0 bridgehead atoms. The molecule has 2 aliphatic heterocycles. The van der Waals surface area contributed by atoms with Crippen LogP contribution < -0.4 is 10.2 Å². The molecule has 21 heavy (non-hydrogen) atoms. The molecule has 1 N–H and O–H groups in total. The Morgan fingerprint density at radius 1 is 1.38 bits per heavy atom. The van der Waals surface area contributed by atoms with Crippen LogP contribution >= 0.6 is 0 Å². The molecule has 1 saturated heterocycles. The number of rotatable bonds is 5. The molecule has 114 valence electrons. The van der Waals surface area contributed by atoms with Gasteiger partial charge in [0.25, 0.3) is 10.0 Å². The van der Waals surface area contributed by atoms with Crippen LogP contribution in [0.4, 0.5) is 5.69 Å². The van der Waals surface area contributed by atoms with Crippen LogP contribution in [0.25, 0.3) is 0 Å². The van der Waals surface area contributed by atoms with E-state index in [1.54, 1.807) is 12.1 Å². The zero-order chi connectivity index (χ0) is 14.7. The third kappa shape index (κ3) is 3.25. The molecule has 0 amide bonds. The van der Waals surface area contributed by atoms with Crippen LogP contribution in [0.3, 0.4) is 0 Å². The lowest BCUT2D eigenvalue weighted by atomic mass is 10.1.